The lowest BCUT2D eigenvalue weighted by Crippen LogP contribution is -2.39. The SMILES string of the molecule is FC(F)(F)c1nnc2ccc(NC3CCN(C4CCOCC4)C3)nn12. The average Bonchev–Trinajstić information content (AvgIpc) is 3.22. The van der Waals surface area contributed by atoms with Crippen LogP contribution in [0.15, 0.2) is 12.1 Å². The van der Waals surface area contributed by atoms with Crippen LogP contribution in [0.5, 0.6) is 0 Å². The van der Waals surface area contributed by atoms with Crippen molar-refractivity contribution < 1.29 is 17.9 Å². The molecule has 0 aliphatic carbocycles. The van der Waals surface area contributed by atoms with Crippen LogP contribution in [0.4, 0.5) is 19.0 Å². The number of nitrogens with zero attached hydrogens (tertiary/aromatic N) is 5. The highest BCUT2D eigenvalue weighted by molar-refractivity contribution is 5.44. The summed E-state index contributed by atoms with van der Waals surface area (Å²) in [5, 5.41) is 14.0. The van der Waals surface area contributed by atoms with Crippen molar-refractivity contribution in [3.63, 3.8) is 0 Å². The van der Waals surface area contributed by atoms with E-state index in [1.807, 2.05) is 0 Å². The summed E-state index contributed by atoms with van der Waals surface area (Å²) in [7, 11) is 0. The Kier molecular flexibility index (Phi) is 4.24. The van der Waals surface area contributed by atoms with Crippen LogP contribution >= 0.6 is 0 Å². The van der Waals surface area contributed by atoms with Gasteiger partial charge in [0.05, 0.1) is 0 Å². The number of hydrogen-bond acceptors (Lipinski definition) is 6. The van der Waals surface area contributed by atoms with Crippen LogP contribution in [0.3, 0.4) is 0 Å². The van der Waals surface area contributed by atoms with Gasteiger partial charge in [0.2, 0.25) is 0 Å². The van der Waals surface area contributed by atoms with Crippen molar-refractivity contribution >= 4 is 11.5 Å². The van der Waals surface area contributed by atoms with Gasteiger partial charge < -0.3 is 10.1 Å². The maximum absolute atomic E-state index is 12.9. The summed E-state index contributed by atoms with van der Waals surface area (Å²) < 4.78 is 45.0. The molecule has 2 aliphatic heterocycles. The molecule has 0 spiro atoms. The van der Waals surface area contributed by atoms with Crippen LogP contribution in [0.2, 0.25) is 0 Å². The summed E-state index contributed by atoms with van der Waals surface area (Å²) in [6, 6.07) is 3.83. The van der Waals surface area contributed by atoms with Crippen LogP contribution in [0, 0.1) is 0 Å². The predicted molar refractivity (Wildman–Crippen MR) is 83.2 cm³/mol. The maximum Gasteiger partial charge on any atom is 0.453 e. The van der Waals surface area contributed by atoms with Crippen molar-refractivity contribution in [1.29, 1.82) is 0 Å². The van der Waals surface area contributed by atoms with Crippen molar-refractivity contribution in [3.8, 4) is 0 Å². The Morgan fingerprint density at radius 2 is 1.92 bits per heavy atom. The minimum absolute atomic E-state index is 0.0770. The minimum Gasteiger partial charge on any atom is -0.381 e. The summed E-state index contributed by atoms with van der Waals surface area (Å²) in [6.07, 6.45) is -1.58. The number of hydrogen-bond donors (Lipinski definition) is 1. The Morgan fingerprint density at radius 1 is 1.12 bits per heavy atom. The van der Waals surface area contributed by atoms with Crippen LogP contribution in [-0.4, -0.2) is 63.1 Å². The molecule has 2 aromatic heterocycles. The zero-order chi connectivity index (χ0) is 17.4. The molecule has 7 nitrogen and oxygen atoms in total. The number of ether oxygens (including phenoxy) is 1. The number of likely N-dealkylation sites (tertiary alicyclic amines) is 1. The fourth-order valence-electron chi connectivity index (χ4n) is 3.54. The van der Waals surface area contributed by atoms with Gasteiger partial charge in [-0.2, -0.15) is 17.7 Å². The summed E-state index contributed by atoms with van der Waals surface area (Å²) in [6.45, 7) is 3.43. The third kappa shape index (κ3) is 3.40. The Bertz CT molecular complexity index is 742. The van der Waals surface area contributed by atoms with Gasteiger partial charge in [-0.15, -0.1) is 15.3 Å². The number of alkyl halides is 3. The summed E-state index contributed by atoms with van der Waals surface area (Å²) in [5.41, 5.74) is 0.0770. The number of aromatic nitrogens is 4. The van der Waals surface area contributed by atoms with Crippen LogP contribution < -0.4 is 5.32 Å². The molecule has 1 N–H and O–H groups in total. The first kappa shape index (κ1) is 16.5. The number of nitrogens with one attached hydrogen (secondary N) is 1. The standard InChI is InChI=1S/C15H19F3N6O/c16-15(17,18)14-21-20-13-2-1-12(22-24(13)14)19-10-3-6-23(9-10)11-4-7-25-8-5-11/h1-2,10-11H,3-9H2,(H,19,22). The van der Waals surface area contributed by atoms with Crippen molar-refractivity contribution in [1.82, 2.24) is 24.7 Å². The van der Waals surface area contributed by atoms with Crippen molar-refractivity contribution in [2.75, 3.05) is 31.6 Å². The van der Waals surface area contributed by atoms with E-state index in [4.69, 9.17) is 4.74 Å². The molecule has 0 bridgehead atoms. The lowest BCUT2D eigenvalue weighted by atomic mass is 10.1. The van der Waals surface area contributed by atoms with E-state index < -0.39 is 12.0 Å². The molecule has 4 rings (SSSR count). The molecule has 0 aromatic carbocycles. The predicted octanol–water partition coefficient (Wildman–Crippen LogP) is 1.81. The second kappa shape index (κ2) is 6.41. The van der Waals surface area contributed by atoms with Gasteiger partial charge in [0.1, 0.15) is 5.82 Å². The monoisotopic (exact) mass is 356 g/mol. The number of rotatable bonds is 3. The van der Waals surface area contributed by atoms with Crippen LogP contribution in [-0.2, 0) is 10.9 Å². The smallest absolute Gasteiger partial charge is 0.381 e. The van der Waals surface area contributed by atoms with Gasteiger partial charge in [0.25, 0.3) is 5.82 Å². The van der Waals surface area contributed by atoms with Gasteiger partial charge in [-0.1, -0.05) is 0 Å². The van der Waals surface area contributed by atoms with Gasteiger partial charge in [-0.25, -0.2) is 0 Å². The van der Waals surface area contributed by atoms with E-state index in [1.165, 1.54) is 6.07 Å². The number of fused-ring (bicyclic) bond motifs is 1. The van der Waals surface area contributed by atoms with Gasteiger partial charge in [0.15, 0.2) is 5.65 Å². The zero-order valence-corrected chi connectivity index (χ0v) is 13.5. The molecule has 2 saturated heterocycles. The molecule has 0 amide bonds. The molecule has 2 aromatic rings. The van der Waals surface area contributed by atoms with Gasteiger partial charge >= 0.3 is 6.18 Å². The molecule has 0 saturated carbocycles. The molecule has 4 heterocycles. The van der Waals surface area contributed by atoms with E-state index in [2.05, 4.69) is 25.5 Å². The number of halogens is 3. The molecule has 10 heteroatoms. The fraction of sp³-hybridized carbons (Fsp3) is 0.667. The average molecular weight is 356 g/mol. The molecule has 136 valence electrons. The molecule has 1 unspecified atom stereocenters. The largest absolute Gasteiger partial charge is 0.453 e. The van der Waals surface area contributed by atoms with E-state index in [0.29, 0.717) is 11.9 Å². The van der Waals surface area contributed by atoms with Gasteiger partial charge in [0, 0.05) is 38.4 Å². The highest BCUT2D eigenvalue weighted by Crippen LogP contribution is 2.28. The Hall–Kier alpha value is -1.94. The van der Waals surface area contributed by atoms with Crippen LogP contribution in [0.1, 0.15) is 25.1 Å². The quantitative estimate of drug-likeness (QED) is 0.905. The third-order valence-electron chi connectivity index (χ3n) is 4.80. The normalized spacial score (nSPS) is 23.4. The van der Waals surface area contributed by atoms with Crippen molar-refractivity contribution in [2.45, 2.75) is 37.5 Å². The lowest BCUT2D eigenvalue weighted by Gasteiger charge is -2.31. The second-order valence-electron chi connectivity index (χ2n) is 6.48. The summed E-state index contributed by atoms with van der Waals surface area (Å²) in [4.78, 5) is 2.43. The first-order chi connectivity index (χ1) is 12.0. The van der Waals surface area contributed by atoms with E-state index >= 15 is 0 Å². The third-order valence-corrected chi connectivity index (χ3v) is 4.80. The first-order valence-electron chi connectivity index (χ1n) is 8.39. The molecule has 1 atom stereocenters. The Labute approximate surface area is 142 Å². The van der Waals surface area contributed by atoms with Crippen molar-refractivity contribution in [2.24, 2.45) is 0 Å². The summed E-state index contributed by atoms with van der Waals surface area (Å²) >= 11 is 0. The second-order valence-corrected chi connectivity index (χ2v) is 6.48. The van der Waals surface area contributed by atoms with Crippen LogP contribution in [0.25, 0.3) is 5.65 Å². The Morgan fingerprint density at radius 3 is 2.68 bits per heavy atom. The molecule has 2 fully saturated rings. The lowest BCUT2D eigenvalue weighted by molar-refractivity contribution is -0.146. The van der Waals surface area contributed by atoms with Gasteiger partial charge in [-0.3, -0.25) is 4.90 Å². The highest BCUT2D eigenvalue weighted by atomic mass is 19.4. The molecular formula is C15H19F3N6O. The highest BCUT2D eigenvalue weighted by Gasteiger charge is 2.38. The Balaban J connectivity index is 1.46. The van der Waals surface area contributed by atoms with Crippen molar-refractivity contribution in [3.05, 3.63) is 18.0 Å². The topological polar surface area (TPSA) is 67.6 Å². The van der Waals surface area contributed by atoms with E-state index in [0.717, 1.165) is 50.1 Å². The molecular weight excluding hydrogens is 337 g/mol. The number of anilines is 1. The first-order valence-corrected chi connectivity index (χ1v) is 8.39. The summed E-state index contributed by atoms with van der Waals surface area (Å²) in [5.74, 6) is -0.710. The van der Waals surface area contributed by atoms with E-state index in [9.17, 15) is 13.2 Å². The maximum atomic E-state index is 12.9. The molecule has 25 heavy (non-hydrogen) atoms. The van der Waals surface area contributed by atoms with E-state index in [1.54, 1.807) is 6.07 Å². The molecule has 0 radical (unpaired) electrons. The van der Waals surface area contributed by atoms with Gasteiger partial charge in [-0.05, 0) is 31.4 Å². The van der Waals surface area contributed by atoms with E-state index in [-0.39, 0.29) is 11.7 Å². The molecule has 2 aliphatic rings. The fourth-order valence-corrected chi connectivity index (χ4v) is 3.54. The minimum atomic E-state index is -4.59. The zero-order valence-electron chi connectivity index (χ0n) is 13.5.